The van der Waals surface area contributed by atoms with E-state index in [1.807, 2.05) is 0 Å². The Morgan fingerprint density at radius 1 is 1.24 bits per heavy atom. The molecule has 1 aliphatic rings. The largest absolute Gasteiger partial charge is 0.465 e. The number of anilines is 1. The number of rotatable bonds is 4. The summed E-state index contributed by atoms with van der Waals surface area (Å²) in [6.07, 6.45) is 1.42. The van der Waals surface area contributed by atoms with Gasteiger partial charge >= 0.3 is 11.9 Å². The minimum atomic E-state index is -0.496. The molecule has 8 nitrogen and oxygen atoms in total. The van der Waals surface area contributed by atoms with Crippen LogP contribution in [-0.2, 0) is 14.3 Å². The van der Waals surface area contributed by atoms with E-state index in [9.17, 15) is 9.59 Å². The molecule has 8 heteroatoms. The molecule has 1 N–H and O–H groups in total. The number of fused-ring (bicyclic) bond motifs is 1. The summed E-state index contributed by atoms with van der Waals surface area (Å²) in [4.78, 5) is 28.3. The number of nitrogens with one attached hydrogen (secondary N) is 1. The monoisotopic (exact) mass is 342 g/mol. The van der Waals surface area contributed by atoms with Gasteiger partial charge in [0, 0.05) is 5.70 Å². The van der Waals surface area contributed by atoms with Gasteiger partial charge in [0.2, 0.25) is 5.95 Å². The van der Waals surface area contributed by atoms with Crippen LogP contribution in [0.4, 0.5) is 5.95 Å². The van der Waals surface area contributed by atoms with Crippen molar-refractivity contribution in [2.24, 2.45) is 0 Å². The number of benzene rings is 1. The van der Waals surface area contributed by atoms with E-state index in [0.717, 1.165) is 5.56 Å². The van der Waals surface area contributed by atoms with Crippen LogP contribution in [-0.4, -0.2) is 40.4 Å². The van der Waals surface area contributed by atoms with Gasteiger partial charge in [0.05, 0.1) is 24.9 Å². The van der Waals surface area contributed by atoms with Crippen molar-refractivity contribution in [3.63, 3.8) is 0 Å². The number of allylic oxidation sites excluding steroid dienone is 1. The van der Waals surface area contributed by atoms with Crippen LogP contribution in [0.5, 0.6) is 0 Å². The van der Waals surface area contributed by atoms with Gasteiger partial charge in [0.25, 0.3) is 0 Å². The van der Waals surface area contributed by atoms with E-state index < -0.39 is 18.0 Å². The maximum Gasteiger partial charge on any atom is 0.338 e. The number of esters is 2. The molecule has 3 rings (SSSR count). The molecule has 1 aromatic heterocycles. The lowest BCUT2D eigenvalue weighted by Gasteiger charge is -2.28. The maximum atomic E-state index is 12.5. The van der Waals surface area contributed by atoms with Crippen LogP contribution in [0.25, 0.3) is 0 Å². The highest BCUT2D eigenvalue weighted by Gasteiger charge is 2.34. The first-order valence-electron chi connectivity index (χ1n) is 7.79. The summed E-state index contributed by atoms with van der Waals surface area (Å²) in [7, 11) is 1.33. The molecule has 0 bridgehead atoms. The molecule has 0 fully saturated rings. The molecule has 0 radical (unpaired) electrons. The van der Waals surface area contributed by atoms with Crippen LogP contribution >= 0.6 is 0 Å². The normalized spacial score (nSPS) is 16.0. The van der Waals surface area contributed by atoms with Gasteiger partial charge in [-0.2, -0.15) is 10.1 Å². The zero-order valence-corrected chi connectivity index (χ0v) is 14.1. The SMILES string of the molecule is CCOC(=O)C1=C(C)Nc2ncnn2[C@H]1c1ccc(C(=O)OC)cc1. The van der Waals surface area contributed by atoms with Crippen molar-refractivity contribution in [2.45, 2.75) is 19.9 Å². The molecule has 0 spiro atoms. The summed E-state index contributed by atoms with van der Waals surface area (Å²) in [5.74, 6) is -0.307. The van der Waals surface area contributed by atoms with E-state index >= 15 is 0 Å². The van der Waals surface area contributed by atoms with Crippen LogP contribution < -0.4 is 5.32 Å². The predicted octanol–water partition coefficient (Wildman–Crippen LogP) is 1.92. The molecule has 25 heavy (non-hydrogen) atoms. The Morgan fingerprint density at radius 2 is 1.96 bits per heavy atom. The van der Waals surface area contributed by atoms with Crippen LogP contribution in [0.3, 0.4) is 0 Å². The first-order valence-corrected chi connectivity index (χ1v) is 7.79. The fraction of sp³-hybridized carbons (Fsp3) is 0.294. The van der Waals surface area contributed by atoms with Crippen molar-refractivity contribution < 1.29 is 19.1 Å². The Labute approximate surface area is 144 Å². The van der Waals surface area contributed by atoms with E-state index in [2.05, 4.69) is 15.4 Å². The number of hydrogen-bond donors (Lipinski definition) is 1. The Bertz CT molecular complexity index is 839. The highest BCUT2D eigenvalue weighted by molar-refractivity contribution is 5.92. The van der Waals surface area contributed by atoms with Gasteiger partial charge in [-0.1, -0.05) is 12.1 Å². The lowest BCUT2D eigenvalue weighted by molar-refractivity contribution is -0.139. The van der Waals surface area contributed by atoms with Crippen molar-refractivity contribution in [3.05, 3.63) is 53.0 Å². The Morgan fingerprint density at radius 3 is 2.60 bits per heavy atom. The summed E-state index contributed by atoms with van der Waals surface area (Å²) in [6.45, 7) is 3.82. The molecule has 0 saturated heterocycles. The lowest BCUT2D eigenvalue weighted by Crippen LogP contribution is -2.29. The molecular weight excluding hydrogens is 324 g/mol. The number of methoxy groups -OCH3 is 1. The van der Waals surface area contributed by atoms with Gasteiger partial charge in [-0.05, 0) is 31.5 Å². The van der Waals surface area contributed by atoms with E-state index in [0.29, 0.717) is 22.8 Å². The highest BCUT2D eigenvalue weighted by atomic mass is 16.5. The molecule has 2 aromatic rings. The van der Waals surface area contributed by atoms with Gasteiger partial charge in [-0.3, -0.25) is 0 Å². The molecule has 0 saturated carbocycles. The Balaban J connectivity index is 2.07. The summed E-state index contributed by atoms with van der Waals surface area (Å²) in [5.41, 5.74) is 2.31. The van der Waals surface area contributed by atoms with Crippen LogP contribution in [0, 0.1) is 0 Å². The third-order valence-corrected chi connectivity index (χ3v) is 3.94. The Hall–Kier alpha value is -3.16. The minimum absolute atomic E-state index is 0.272. The van der Waals surface area contributed by atoms with Crippen molar-refractivity contribution in [1.82, 2.24) is 14.8 Å². The molecule has 1 atom stereocenters. The van der Waals surface area contributed by atoms with Crippen molar-refractivity contribution in [2.75, 3.05) is 19.0 Å². The molecule has 130 valence electrons. The fourth-order valence-electron chi connectivity index (χ4n) is 2.79. The number of nitrogens with zero attached hydrogens (tertiary/aromatic N) is 3. The van der Waals surface area contributed by atoms with E-state index in [1.54, 1.807) is 42.8 Å². The van der Waals surface area contributed by atoms with Gasteiger partial charge in [-0.25, -0.2) is 14.3 Å². The maximum absolute atomic E-state index is 12.5. The molecule has 0 aliphatic carbocycles. The first kappa shape index (κ1) is 16.7. The van der Waals surface area contributed by atoms with Crippen molar-refractivity contribution in [1.29, 1.82) is 0 Å². The highest BCUT2D eigenvalue weighted by Crippen LogP contribution is 2.35. The smallest absolute Gasteiger partial charge is 0.338 e. The second-order valence-corrected chi connectivity index (χ2v) is 5.43. The molecule has 0 amide bonds. The third kappa shape index (κ3) is 2.98. The summed E-state index contributed by atoms with van der Waals surface area (Å²) in [5, 5.41) is 7.29. The van der Waals surface area contributed by atoms with Gasteiger partial charge in [-0.15, -0.1) is 0 Å². The number of carbonyl (C=O) groups is 2. The number of carbonyl (C=O) groups excluding carboxylic acids is 2. The molecule has 2 heterocycles. The van der Waals surface area contributed by atoms with Gasteiger partial charge < -0.3 is 14.8 Å². The van der Waals surface area contributed by atoms with Gasteiger partial charge in [0.15, 0.2) is 0 Å². The average Bonchev–Trinajstić information content (AvgIpc) is 3.08. The minimum Gasteiger partial charge on any atom is -0.465 e. The zero-order valence-electron chi connectivity index (χ0n) is 14.1. The van der Waals surface area contributed by atoms with Crippen LogP contribution in [0.2, 0.25) is 0 Å². The molecule has 1 aliphatic heterocycles. The second-order valence-electron chi connectivity index (χ2n) is 5.43. The molecule has 0 unspecified atom stereocenters. The summed E-state index contributed by atoms with van der Waals surface area (Å²) < 4.78 is 11.5. The Kier molecular flexibility index (Phi) is 4.51. The topological polar surface area (TPSA) is 95.3 Å². The predicted molar refractivity (Wildman–Crippen MR) is 88.9 cm³/mol. The molecule has 1 aromatic carbocycles. The summed E-state index contributed by atoms with van der Waals surface area (Å²) in [6, 6.07) is 6.33. The zero-order chi connectivity index (χ0) is 18.0. The first-order chi connectivity index (χ1) is 12.1. The van der Waals surface area contributed by atoms with Crippen LogP contribution in [0.1, 0.15) is 35.8 Å². The second kappa shape index (κ2) is 6.76. The van der Waals surface area contributed by atoms with Crippen molar-refractivity contribution >= 4 is 17.9 Å². The van der Waals surface area contributed by atoms with Gasteiger partial charge in [0.1, 0.15) is 12.4 Å². The molecular formula is C17H18N4O4. The summed E-state index contributed by atoms with van der Waals surface area (Å²) >= 11 is 0. The fourth-order valence-corrected chi connectivity index (χ4v) is 2.79. The quantitative estimate of drug-likeness (QED) is 0.848. The lowest BCUT2D eigenvalue weighted by atomic mass is 9.95. The van der Waals surface area contributed by atoms with Crippen molar-refractivity contribution in [3.8, 4) is 0 Å². The number of aromatic nitrogens is 3. The van der Waals surface area contributed by atoms with E-state index in [4.69, 9.17) is 9.47 Å². The van der Waals surface area contributed by atoms with E-state index in [-0.39, 0.29) is 6.61 Å². The average molecular weight is 342 g/mol. The van der Waals surface area contributed by atoms with Crippen LogP contribution in [0.15, 0.2) is 41.9 Å². The van der Waals surface area contributed by atoms with E-state index in [1.165, 1.54) is 13.4 Å². The number of ether oxygens (including phenoxy) is 2. The number of hydrogen-bond acceptors (Lipinski definition) is 7. The third-order valence-electron chi connectivity index (χ3n) is 3.94. The standard InChI is InChI=1S/C17H18N4O4/c1-4-25-16(23)13-10(2)20-17-18-9-19-21(17)14(13)11-5-7-12(8-6-11)15(22)24-3/h5-9,14H,4H2,1-3H3,(H,18,19,20)/t14-/m0/s1.